The molecular formula is C18H24O4. The summed E-state index contributed by atoms with van der Waals surface area (Å²) in [5.74, 6) is 0.0252. The van der Waals surface area contributed by atoms with Crippen LogP contribution in [0.25, 0.3) is 0 Å². The highest BCUT2D eigenvalue weighted by molar-refractivity contribution is 5.91. The molecule has 0 aliphatic carbocycles. The lowest BCUT2D eigenvalue weighted by molar-refractivity contribution is -0.0354. The van der Waals surface area contributed by atoms with Gasteiger partial charge in [-0.05, 0) is 43.5 Å². The van der Waals surface area contributed by atoms with Gasteiger partial charge in [0, 0.05) is 0 Å². The third kappa shape index (κ3) is 6.14. The smallest absolute Gasteiger partial charge is 0.341 e. The molecule has 0 saturated carbocycles. The summed E-state index contributed by atoms with van der Waals surface area (Å²) in [5, 5.41) is 9.60. The van der Waals surface area contributed by atoms with Crippen molar-refractivity contribution in [3.05, 3.63) is 53.6 Å². The lowest BCUT2D eigenvalue weighted by Crippen LogP contribution is -2.16. The van der Waals surface area contributed by atoms with Crippen LogP contribution >= 0.6 is 0 Å². The Bertz CT molecular complexity index is 532. The molecule has 1 atom stereocenters. The topological polar surface area (TPSA) is 55.8 Å². The predicted molar refractivity (Wildman–Crippen MR) is 87.0 cm³/mol. The molecule has 0 bridgehead atoms. The van der Waals surface area contributed by atoms with Gasteiger partial charge in [-0.15, -0.1) is 0 Å². The number of aliphatic hydroxyl groups is 1. The number of hydrogen-bond donors (Lipinski definition) is 1. The summed E-state index contributed by atoms with van der Waals surface area (Å²) in [6.45, 7) is 6.25. The van der Waals surface area contributed by atoms with Crippen molar-refractivity contribution in [2.75, 3.05) is 6.61 Å². The Morgan fingerprint density at radius 2 is 1.95 bits per heavy atom. The molecule has 0 aliphatic rings. The van der Waals surface area contributed by atoms with Crippen molar-refractivity contribution >= 4 is 5.97 Å². The Morgan fingerprint density at radius 3 is 2.64 bits per heavy atom. The average molecular weight is 304 g/mol. The third-order valence-corrected chi connectivity index (χ3v) is 2.94. The molecule has 0 aliphatic heterocycles. The number of rotatable bonds is 8. The SMILES string of the molecule is CC/C=C\COc1ccc(C)c(C(=O)OC(O)/C=C\CC)c1. The van der Waals surface area contributed by atoms with Gasteiger partial charge in [0.1, 0.15) is 12.4 Å². The molecular weight excluding hydrogens is 280 g/mol. The fourth-order valence-corrected chi connectivity index (χ4v) is 1.75. The predicted octanol–water partition coefficient (Wildman–Crippen LogP) is 3.78. The van der Waals surface area contributed by atoms with E-state index in [1.807, 2.05) is 26.0 Å². The molecule has 4 heteroatoms. The summed E-state index contributed by atoms with van der Waals surface area (Å²) in [4.78, 5) is 12.1. The number of hydrogen-bond acceptors (Lipinski definition) is 4. The van der Waals surface area contributed by atoms with Crippen LogP contribution in [0.4, 0.5) is 0 Å². The van der Waals surface area contributed by atoms with Gasteiger partial charge in [-0.2, -0.15) is 0 Å². The molecule has 1 N–H and O–H groups in total. The van der Waals surface area contributed by atoms with E-state index in [9.17, 15) is 9.90 Å². The number of allylic oxidation sites excluding steroid dienone is 2. The zero-order chi connectivity index (χ0) is 16.4. The number of esters is 1. The van der Waals surface area contributed by atoms with Crippen LogP contribution in [0.5, 0.6) is 5.75 Å². The highest BCUT2D eigenvalue weighted by Crippen LogP contribution is 2.19. The van der Waals surface area contributed by atoms with Crippen molar-refractivity contribution in [2.45, 2.75) is 39.9 Å². The first-order chi connectivity index (χ1) is 10.6. The highest BCUT2D eigenvalue weighted by Gasteiger charge is 2.14. The maximum atomic E-state index is 12.1. The van der Waals surface area contributed by atoms with Crippen LogP contribution in [-0.4, -0.2) is 24.0 Å². The summed E-state index contributed by atoms with van der Waals surface area (Å²) in [6.07, 6.45) is 7.62. The lowest BCUT2D eigenvalue weighted by Gasteiger charge is -2.11. The third-order valence-electron chi connectivity index (χ3n) is 2.94. The minimum Gasteiger partial charge on any atom is -0.490 e. The summed E-state index contributed by atoms with van der Waals surface area (Å²) in [6, 6.07) is 5.23. The number of ether oxygens (including phenoxy) is 2. The van der Waals surface area contributed by atoms with Crippen LogP contribution in [0, 0.1) is 6.92 Å². The Hall–Kier alpha value is -2.07. The number of carbonyl (C=O) groups excluding carboxylic acids is 1. The number of aryl methyl sites for hydroxylation is 1. The first kappa shape index (κ1) is 18.0. The van der Waals surface area contributed by atoms with Crippen LogP contribution in [-0.2, 0) is 4.74 Å². The van der Waals surface area contributed by atoms with E-state index in [0.717, 1.165) is 18.4 Å². The van der Waals surface area contributed by atoms with Gasteiger partial charge in [-0.25, -0.2) is 4.79 Å². The Morgan fingerprint density at radius 1 is 1.23 bits per heavy atom. The van der Waals surface area contributed by atoms with Crippen LogP contribution in [0.2, 0.25) is 0 Å². The first-order valence-electron chi connectivity index (χ1n) is 7.52. The molecule has 1 aromatic carbocycles. The Kier molecular flexibility index (Phi) is 8.00. The Balaban J connectivity index is 2.74. The summed E-state index contributed by atoms with van der Waals surface area (Å²) >= 11 is 0. The molecule has 1 rings (SSSR count). The van der Waals surface area contributed by atoms with E-state index in [0.29, 0.717) is 17.9 Å². The van der Waals surface area contributed by atoms with Crippen LogP contribution in [0.3, 0.4) is 0 Å². The van der Waals surface area contributed by atoms with Gasteiger partial charge in [0.15, 0.2) is 0 Å². The number of aliphatic hydroxyl groups excluding tert-OH is 1. The molecule has 0 heterocycles. The van der Waals surface area contributed by atoms with E-state index in [2.05, 4.69) is 6.92 Å². The molecule has 0 saturated heterocycles. The van der Waals surface area contributed by atoms with Gasteiger partial charge >= 0.3 is 5.97 Å². The molecule has 0 radical (unpaired) electrons. The number of benzene rings is 1. The van der Waals surface area contributed by atoms with Gasteiger partial charge in [0.25, 0.3) is 0 Å². The van der Waals surface area contributed by atoms with E-state index >= 15 is 0 Å². The second-order valence-electron chi connectivity index (χ2n) is 4.80. The minimum absolute atomic E-state index is 0.390. The van der Waals surface area contributed by atoms with Gasteiger partial charge in [-0.3, -0.25) is 0 Å². The van der Waals surface area contributed by atoms with E-state index in [1.165, 1.54) is 6.08 Å². The van der Waals surface area contributed by atoms with E-state index in [1.54, 1.807) is 24.3 Å². The maximum absolute atomic E-state index is 12.1. The van der Waals surface area contributed by atoms with Gasteiger partial charge in [-0.1, -0.05) is 38.1 Å². The molecule has 0 fully saturated rings. The second kappa shape index (κ2) is 9.79. The average Bonchev–Trinajstić information content (AvgIpc) is 2.50. The first-order valence-corrected chi connectivity index (χ1v) is 7.52. The molecule has 0 amide bonds. The summed E-state index contributed by atoms with van der Waals surface area (Å²) in [5.41, 5.74) is 1.16. The number of carbonyl (C=O) groups is 1. The van der Waals surface area contributed by atoms with Crippen LogP contribution in [0.15, 0.2) is 42.5 Å². The van der Waals surface area contributed by atoms with Crippen molar-refractivity contribution in [2.24, 2.45) is 0 Å². The van der Waals surface area contributed by atoms with Gasteiger partial charge < -0.3 is 14.6 Å². The molecule has 1 aromatic rings. The minimum atomic E-state index is -1.23. The van der Waals surface area contributed by atoms with E-state index in [-0.39, 0.29) is 0 Å². The van der Waals surface area contributed by atoms with Crippen molar-refractivity contribution in [3.63, 3.8) is 0 Å². The monoisotopic (exact) mass is 304 g/mol. The Labute approximate surface area is 132 Å². The van der Waals surface area contributed by atoms with Crippen molar-refractivity contribution in [1.82, 2.24) is 0 Å². The molecule has 120 valence electrons. The van der Waals surface area contributed by atoms with Crippen LogP contribution < -0.4 is 4.74 Å². The zero-order valence-corrected chi connectivity index (χ0v) is 13.4. The van der Waals surface area contributed by atoms with Crippen LogP contribution in [0.1, 0.15) is 42.6 Å². The van der Waals surface area contributed by atoms with Crippen molar-refractivity contribution in [3.8, 4) is 5.75 Å². The normalized spacial score (nSPS) is 12.7. The van der Waals surface area contributed by atoms with Gasteiger partial charge in [0.05, 0.1) is 5.56 Å². The fraction of sp³-hybridized carbons (Fsp3) is 0.389. The van der Waals surface area contributed by atoms with E-state index < -0.39 is 12.3 Å². The largest absolute Gasteiger partial charge is 0.490 e. The molecule has 0 spiro atoms. The highest BCUT2D eigenvalue weighted by atomic mass is 16.6. The molecule has 1 unspecified atom stereocenters. The van der Waals surface area contributed by atoms with Gasteiger partial charge in [0.2, 0.25) is 6.29 Å². The molecule has 0 aromatic heterocycles. The van der Waals surface area contributed by atoms with E-state index in [4.69, 9.17) is 9.47 Å². The second-order valence-corrected chi connectivity index (χ2v) is 4.80. The fourth-order valence-electron chi connectivity index (χ4n) is 1.75. The molecule has 22 heavy (non-hydrogen) atoms. The lowest BCUT2D eigenvalue weighted by atomic mass is 10.1. The summed E-state index contributed by atoms with van der Waals surface area (Å²) in [7, 11) is 0. The summed E-state index contributed by atoms with van der Waals surface area (Å²) < 4.78 is 10.5. The maximum Gasteiger partial charge on any atom is 0.341 e. The van der Waals surface area contributed by atoms with Crippen molar-refractivity contribution in [1.29, 1.82) is 0 Å². The standard InChI is InChI=1S/C18H24O4/c1-4-6-8-12-21-15-11-10-14(3)16(13-15)18(20)22-17(19)9-7-5-2/h6-11,13,17,19H,4-5,12H2,1-3H3/b8-6-,9-7-. The molecule has 4 nitrogen and oxygen atoms in total. The quantitative estimate of drug-likeness (QED) is 0.451. The van der Waals surface area contributed by atoms with Crippen molar-refractivity contribution < 1.29 is 19.4 Å². The zero-order valence-electron chi connectivity index (χ0n) is 13.4.